The van der Waals surface area contributed by atoms with Crippen molar-refractivity contribution in [2.75, 3.05) is 0 Å². The van der Waals surface area contributed by atoms with Crippen molar-refractivity contribution in [2.45, 2.75) is 40.5 Å². The molecular formula is C12H20O. The van der Waals surface area contributed by atoms with E-state index < -0.39 is 0 Å². The number of aldehydes is 1. The molecule has 0 N–H and O–H groups in total. The van der Waals surface area contributed by atoms with Gasteiger partial charge >= 0.3 is 0 Å². The van der Waals surface area contributed by atoms with Gasteiger partial charge in [0, 0.05) is 0 Å². The van der Waals surface area contributed by atoms with Gasteiger partial charge in [-0.2, -0.15) is 0 Å². The van der Waals surface area contributed by atoms with E-state index in [0.29, 0.717) is 5.92 Å². The van der Waals surface area contributed by atoms with Crippen molar-refractivity contribution in [1.82, 2.24) is 0 Å². The van der Waals surface area contributed by atoms with Crippen LogP contribution in [0.4, 0.5) is 0 Å². The van der Waals surface area contributed by atoms with Gasteiger partial charge in [0.1, 0.15) is 6.29 Å². The van der Waals surface area contributed by atoms with Gasteiger partial charge in [-0.05, 0) is 45.6 Å². The van der Waals surface area contributed by atoms with Crippen LogP contribution in [-0.4, -0.2) is 6.29 Å². The summed E-state index contributed by atoms with van der Waals surface area (Å²) in [7, 11) is 0. The Hall–Kier alpha value is -0.850. The van der Waals surface area contributed by atoms with Crippen LogP contribution in [0.5, 0.6) is 0 Å². The molecule has 13 heavy (non-hydrogen) atoms. The zero-order valence-electron chi connectivity index (χ0n) is 9.13. The average Bonchev–Trinajstić information content (AvgIpc) is 2.04. The normalized spacial score (nSPS) is 13.7. The molecule has 0 aromatic heterocycles. The van der Waals surface area contributed by atoms with Crippen LogP contribution in [0.15, 0.2) is 23.3 Å². The molecule has 0 amide bonds. The highest BCUT2D eigenvalue weighted by Crippen LogP contribution is 2.16. The van der Waals surface area contributed by atoms with Gasteiger partial charge in [-0.3, -0.25) is 4.79 Å². The Morgan fingerprint density at radius 2 is 1.92 bits per heavy atom. The lowest BCUT2D eigenvalue weighted by Crippen LogP contribution is -1.95. The summed E-state index contributed by atoms with van der Waals surface area (Å²) in [5, 5.41) is 0. The molecule has 0 aliphatic heterocycles. The zero-order chi connectivity index (χ0) is 10.3. The summed E-state index contributed by atoms with van der Waals surface area (Å²) in [5.41, 5.74) is 2.54. The Bertz CT molecular complexity index is 207. The first-order valence-electron chi connectivity index (χ1n) is 4.83. The summed E-state index contributed by atoms with van der Waals surface area (Å²) in [4.78, 5) is 10.2. The van der Waals surface area contributed by atoms with Gasteiger partial charge in [0.2, 0.25) is 0 Å². The van der Waals surface area contributed by atoms with E-state index in [-0.39, 0.29) is 0 Å². The highest BCUT2D eigenvalue weighted by molar-refractivity contribution is 5.66. The second-order valence-electron chi connectivity index (χ2n) is 3.81. The van der Waals surface area contributed by atoms with E-state index >= 15 is 0 Å². The lowest BCUT2D eigenvalue weighted by atomic mass is 9.97. The maximum absolute atomic E-state index is 10.2. The van der Waals surface area contributed by atoms with Gasteiger partial charge in [0.05, 0.1) is 0 Å². The number of rotatable bonds is 5. The van der Waals surface area contributed by atoms with Crippen LogP contribution in [0.1, 0.15) is 40.5 Å². The highest BCUT2D eigenvalue weighted by Gasteiger charge is 2.01. The molecule has 1 unspecified atom stereocenters. The monoisotopic (exact) mass is 180 g/mol. The molecule has 0 heterocycles. The molecule has 1 nitrogen and oxygen atoms in total. The summed E-state index contributed by atoms with van der Waals surface area (Å²) < 4.78 is 0. The van der Waals surface area contributed by atoms with Crippen LogP contribution in [0.3, 0.4) is 0 Å². The second-order valence-corrected chi connectivity index (χ2v) is 3.81. The lowest BCUT2D eigenvalue weighted by molar-refractivity contribution is -0.104. The van der Waals surface area contributed by atoms with Crippen molar-refractivity contribution in [3.63, 3.8) is 0 Å². The van der Waals surface area contributed by atoms with Gasteiger partial charge in [0.15, 0.2) is 0 Å². The molecule has 0 aliphatic rings. The zero-order valence-corrected chi connectivity index (χ0v) is 9.13. The molecule has 1 atom stereocenters. The van der Waals surface area contributed by atoms with Gasteiger partial charge in [-0.1, -0.05) is 24.1 Å². The van der Waals surface area contributed by atoms with E-state index in [0.717, 1.165) is 19.1 Å². The number of hydrogen-bond donors (Lipinski definition) is 0. The van der Waals surface area contributed by atoms with E-state index in [2.05, 4.69) is 26.8 Å². The largest absolute Gasteiger partial charge is 0.299 e. The Kier molecular flexibility index (Phi) is 6.21. The fraction of sp³-hybridized carbons (Fsp3) is 0.583. The molecule has 74 valence electrons. The van der Waals surface area contributed by atoms with Crippen LogP contribution in [-0.2, 0) is 4.79 Å². The maximum Gasteiger partial charge on any atom is 0.142 e. The summed E-state index contributed by atoms with van der Waals surface area (Å²) in [5.74, 6) is 0.515. The van der Waals surface area contributed by atoms with Crippen LogP contribution >= 0.6 is 0 Å². The number of carbonyl (C=O) groups excluding carboxylic acids is 1. The first kappa shape index (κ1) is 12.2. The third-order valence-electron chi connectivity index (χ3n) is 2.26. The van der Waals surface area contributed by atoms with Crippen LogP contribution in [0.25, 0.3) is 0 Å². The molecule has 0 aromatic rings. The van der Waals surface area contributed by atoms with Crippen molar-refractivity contribution < 1.29 is 4.79 Å². The van der Waals surface area contributed by atoms with E-state index in [4.69, 9.17) is 0 Å². The maximum atomic E-state index is 10.2. The van der Waals surface area contributed by atoms with Crippen LogP contribution < -0.4 is 0 Å². The summed E-state index contributed by atoms with van der Waals surface area (Å²) >= 11 is 0. The molecule has 0 rings (SSSR count). The van der Waals surface area contributed by atoms with Gasteiger partial charge in [-0.25, -0.2) is 0 Å². The number of carbonyl (C=O) groups is 1. The van der Waals surface area contributed by atoms with E-state index in [1.54, 1.807) is 6.08 Å². The van der Waals surface area contributed by atoms with Crippen molar-refractivity contribution in [1.29, 1.82) is 0 Å². The summed E-state index contributed by atoms with van der Waals surface area (Å²) in [6.07, 6.45) is 7.00. The minimum absolute atomic E-state index is 0.515. The molecule has 0 fully saturated rings. The summed E-state index contributed by atoms with van der Waals surface area (Å²) in [6.45, 7) is 8.40. The van der Waals surface area contributed by atoms with E-state index in [1.807, 2.05) is 6.92 Å². The quantitative estimate of drug-likeness (QED) is 0.359. The van der Waals surface area contributed by atoms with Crippen molar-refractivity contribution in [3.05, 3.63) is 23.3 Å². The predicted molar refractivity (Wildman–Crippen MR) is 57.7 cm³/mol. The number of hydrogen-bond acceptors (Lipinski definition) is 1. The molecule has 0 aliphatic carbocycles. The molecule has 0 aromatic carbocycles. The molecular weight excluding hydrogens is 160 g/mol. The fourth-order valence-corrected chi connectivity index (χ4v) is 1.12. The SMILES string of the molecule is CC(C)=CCCC(C)C(C)=CC=O. The molecule has 0 saturated carbocycles. The van der Waals surface area contributed by atoms with Crippen molar-refractivity contribution in [2.24, 2.45) is 5.92 Å². The Morgan fingerprint density at radius 3 is 2.38 bits per heavy atom. The molecule has 0 radical (unpaired) electrons. The van der Waals surface area contributed by atoms with Gasteiger partial charge in [-0.15, -0.1) is 0 Å². The first-order chi connectivity index (χ1) is 6.07. The van der Waals surface area contributed by atoms with Crippen molar-refractivity contribution in [3.8, 4) is 0 Å². The molecule has 1 heteroatoms. The molecule has 0 bridgehead atoms. The lowest BCUT2D eigenvalue weighted by Gasteiger charge is -2.09. The Labute approximate surface area is 81.5 Å². The first-order valence-corrected chi connectivity index (χ1v) is 4.83. The van der Waals surface area contributed by atoms with Gasteiger partial charge in [0.25, 0.3) is 0 Å². The standard InChI is InChI=1S/C12H20O/c1-10(2)6-5-7-11(3)12(4)8-9-13/h6,8-9,11H,5,7H2,1-4H3. The van der Waals surface area contributed by atoms with Gasteiger partial charge < -0.3 is 0 Å². The highest BCUT2D eigenvalue weighted by atomic mass is 16.1. The van der Waals surface area contributed by atoms with Crippen LogP contribution in [0.2, 0.25) is 0 Å². The minimum atomic E-state index is 0.515. The molecule has 0 saturated heterocycles. The number of allylic oxidation sites excluding steroid dienone is 4. The predicted octanol–water partition coefficient (Wildman–Crippen LogP) is 3.51. The average molecular weight is 180 g/mol. The van der Waals surface area contributed by atoms with E-state index in [9.17, 15) is 4.79 Å². The second kappa shape index (κ2) is 6.64. The fourth-order valence-electron chi connectivity index (χ4n) is 1.12. The summed E-state index contributed by atoms with van der Waals surface area (Å²) in [6, 6.07) is 0. The third kappa shape index (κ3) is 6.32. The third-order valence-corrected chi connectivity index (χ3v) is 2.26. The topological polar surface area (TPSA) is 17.1 Å². The van der Waals surface area contributed by atoms with Crippen molar-refractivity contribution >= 4 is 6.29 Å². The smallest absolute Gasteiger partial charge is 0.142 e. The Balaban J connectivity index is 3.87. The minimum Gasteiger partial charge on any atom is -0.299 e. The van der Waals surface area contributed by atoms with E-state index in [1.165, 1.54) is 11.1 Å². The molecule has 0 spiro atoms. The van der Waals surface area contributed by atoms with Crippen LogP contribution in [0, 0.1) is 5.92 Å². The Morgan fingerprint density at radius 1 is 1.31 bits per heavy atom.